The Morgan fingerprint density at radius 3 is 2.41 bits per heavy atom. The quantitative estimate of drug-likeness (QED) is 0.801. The highest BCUT2D eigenvalue weighted by Crippen LogP contribution is 2.29. The number of rotatable bonds is 4. The SMILES string of the molecule is Cc1cc(CCC(O)C(C)(C)O)cc(Br)c1O. The van der Waals surface area contributed by atoms with Crippen LogP contribution in [0.3, 0.4) is 0 Å². The molecule has 3 N–H and O–H groups in total. The first-order chi connectivity index (χ1) is 7.71. The highest BCUT2D eigenvalue weighted by Gasteiger charge is 2.23. The third-order valence-corrected chi connectivity index (χ3v) is 3.44. The summed E-state index contributed by atoms with van der Waals surface area (Å²) >= 11 is 3.28. The Morgan fingerprint density at radius 1 is 1.35 bits per heavy atom. The van der Waals surface area contributed by atoms with E-state index in [0.717, 1.165) is 11.1 Å². The average Bonchev–Trinajstić information content (AvgIpc) is 2.20. The van der Waals surface area contributed by atoms with Crippen LogP contribution in [0.15, 0.2) is 16.6 Å². The van der Waals surface area contributed by atoms with Crippen LogP contribution < -0.4 is 0 Å². The molecule has 1 rings (SSSR count). The van der Waals surface area contributed by atoms with Gasteiger partial charge < -0.3 is 15.3 Å². The molecule has 0 heterocycles. The molecule has 0 radical (unpaired) electrons. The molecule has 3 nitrogen and oxygen atoms in total. The predicted molar refractivity (Wildman–Crippen MR) is 71.2 cm³/mol. The molecule has 1 atom stereocenters. The molecule has 1 aromatic carbocycles. The van der Waals surface area contributed by atoms with Crippen LogP contribution in [0.1, 0.15) is 31.4 Å². The monoisotopic (exact) mass is 302 g/mol. The lowest BCUT2D eigenvalue weighted by Gasteiger charge is -2.24. The van der Waals surface area contributed by atoms with Gasteiger partial charge in [0.15, 0.2) is 0 Å². The summed E-state index contributed by atoms with van der Waals surface area (Å²) in [6.07, 6.45) is 0.390. The summed E-state index contributed by atoms with van der Waals surface area (Å²) in [4.78, 5) is 0. The number of phenols is 1. The lowest BCUT2D eigenvalue weighted by Crippen LogP contribution is -2.36. The average molecular weight is 303 g/mol. The van der Waals surface area contributed by atoms with Crippen LogP contribution in [0, 0.1) is 6.92 Å². The van der Waals surface area contributed by atoms with Gasteiger partial charge in [-0.3, -0.25) is 0 Å². The molecule has 1 aromatic rings. The van der Waals surface area contributed by atoms with E-state index in [9.17, 15) is 15.3 Å². The largest absolute Gasteiger partial charge is 0.506 e. The van der Waals surface area contributed by atoms with Gasteiger partial charge in [-0.25, -0.2) is 0 Å². The molecule has 0 aromatic heterocycles. The predicted octanol–water partition coefficient (Wildman–Crippen LogP) is 2.53. The lowest BCUT2D eigenvalue weighted by molar-refractivity contribution is -0.0509. The second-order valence-electron chi connectivity index (χ2n) is 4.95. The molecule has 96 valence electrons. The smallest absolute Gasteiger partial charge is 0.132 e. The van der Waals surface area contributed by atoms with E-state index in [0.29, 0.717) is 17.3 Å². The van der Waals surface area contributed by atoms with E-state index < -0.39 is 11.7 Å². The fourth-order valence-corrected chi connectivity index (χ4v) is 2.22. The maximum absolute atomic E-state index is 9.73. The van der Waals surface area contributed by atoms with Gasteiger partial charge in [0.05, 0.1) is 16.2 Å². The number of aromatic hydroxyl groups is 1. The fraction of sp³-hybridized carbons (Fsp3) is 0.538. The molecule has 0 bridgehead atoms. The summed E-state index contributed by atoms with van der Waals surface area (Å²) in [5, 5.41) is 28.9. The van der Waals surface area contributed by atoms with Gasteiger partial charge in [-0.15, -0.1) is 0 Å². The van der Waals surface area contributed by atoms with Crippen molar-refractivity contribution in [3.63, 3.8) is 0 Å². The minimum atomic E-state index is -1.08. The molecule has 1 unspecified atom stereocenters. The van der Waals surface area contributed by atoms with Crippen LogP contribution in [-0.2, 0) is 6.42 Å². The van der Waals surface area contributed by atoms with Gasteiger partial charge in [-0.1, -0.05) is 6.07 Å². The summed E-state index contributed by atoms with van der Waals surface area (Å²) in [6.45, 7) is 5.02. The topological polar surface area (TPSA) is 60.7 Å². The molecule has 17 heavy (non-hydrogen) atoms. The van der Waals surface area contributed by atoms with Crippen molar-refractivity contribution in [1.82, 2.24) is 0 Å². The first-order valence-electron chi connectivity index (χ1n) is 5.60. The maximum atomic E-state index is 9.73. The molecule has 0 aliphatic rings. The number of aliphatic hydroxyl groups is 2. The molecule has 0 aliphatic heterocycles. The van der Waals surface area contributed by atoms with Crippen molar-refractivity contribution in [2.75, 3.05) is 0 Å². The normalized spacial score (nSPS) is 13.8. The number of hydrogen-bond donors (Lipinski definition) is 3. The summed E-state index contributed by atoms with van der Waals surface area (Å²) in [5.74, 6) is 0.247. The van der Waals surface area contributed by atoms with Crippen molar-refractivity contribution in [1.29, 1.82) is 0 Å². The summed E-state index contributed by atoms with van der Waals surface area (Å²) < 4.78 is 0.658. The van der Waals surface area contributed by atoms with E-state index >= 15 is 0 Å². The fourth-order valence-electron chi connectivity index (χ4n) is 1.61. The zero-order valence-electron chi connectivity index (χ0n) is 10.4. The number of halogens is 1. The van der Waals surface area contributed by atoms with Crippen LogP contribution in [0.4, 0.5) is 0 Å². The Balaban J connectivity index is 2.71. The second-order valence-corrected chi connectivity index (χ2v) is 5.81. The van der Waals surface area contributed by atoms with Crippen molar-refractivity contribution in [2.45, 2.75) is 45.3 Å². The third-order valence-electron chi connectivity index (χ3n) is 2.84. The number of aliphatic hydroxyl groups excluding tert-OH is 1. The summed E-state index contributed by atoms with van der Waals surface area (Å²) in [7, 11) is 0. The molecule has 0 aliphatic carbocycles. The van der Waals surface area contributed by atoms with Gasteiger partial charge in [0.2, 0.25) is 0 Å². The van der Waals surface area contributed by atoms with E-state index in [1.165, 1.54) is 0 Å². The zero-order chi connectivity index (χ0) is 13.2. The molecule has 0 saturated carbocycles. The zero-order valence-corrected chi connectivity index (χ0v) is 12.0. The van der Waals surface area contributed by atoms with E-state index in [2.05, 4.69) is 15.9 Å². The van der Waals surface area contributed by atoms with Gasteiger partial charge in [0.1, 0.15) is 5.75 Å². The van der Waals surface area contributed by atoms with E-state index in [1.807, 2.05) is 19.1 Å². The molecule has 0 fully saturated rings. The Bertz CT molecular complexity index is 373. The third kappa shape index (κ3) is 3.98. The second kappa shape index (κ2) is 5.38. The van der Waals surface area contributed by atoms with E-state index in [1.54, 1.807) is 13.8 Å². The van der Waals surface area contributed by atoms with Crippen LogP contribution in [-0.4, -0.2) is 27.0 Å². The van der Waals surface area contributed by atoms with Crippen molar-refractivity contribution in [3.05, 3.63) is 27.7 Å². The van der Waals surface area contributed by atoms with Crippen molar-refractivity contribution in [2.24, 2.45) is 0 Å². The number of phenolic OH excluding ortho intramolecular Hbond substituents is 1. The standard InChI is InChI=1S/C13H19BrO3/c1-8-6-9(7-10(14)12(8)16)4-5-11(15)13(2,3)17/h6-7,11,15-17H,4-5H2,1-3H3. The minimum Gasteiger partial charge on any atom is -0.506 e. The lowest BCUT2D eigenvalue weighted by atomic mass is 9.95. The van der Waals surface area contributed by atoms with Crippen LogP contribution in [0.2, 0.25) is 0 Å². The maximum Gasteiger partial charge on any atom is 0.132 e. The molecule has 4 heteroatoms. The van der Waals surface area contributed by atoms with E-state index in [-0.39, 0.29) is 5.75 Å². The molecule has 0 saturated heterocycles. The summed E-state index contributed by atoms with van der Waals surface area (Å²) in [6, 6.07) is 3.72. The Morgan fingerprint density at radius 2 is 1.94 bits per heavy atom. The van der Waals surface area contributed by atoms with Crippen molar-refractivity contribution < 1.29 is 15.3 Å². The first-order valence-corrected chi connectivity index (χ1v) is 6.39. The Labute approximate surface area is 110 Å². The summed E-state index contributed by atoms with van der Waals surface area (Å²) in [5.41, 5.74) is 0.742. The minimum absolute atomic E-state index is 0.247. The Hall–Kier alpha value is -0.580. The number of benzene rings is 1. The number of hydrogen-bond acceptors (Lipinski definition) is 3. The van der Waals surface area contributed by atoms with Gasteiger partial charge in [-0.05, 0) is 66.7 Å². The molecule has 0 amide bonds. The highest BCUT2D eigenvalue weighted by atomic mass is 79.9. The Kier molecular flexibility index (Phi) is 4.58. The number of aryl methyl sites for hydroxylation is 2. The molecular formula is C13H19BrO3. The van der Waals surface area contributed by atoms with Gasteiger partial charge in [0, 0.05) is 0 Å². The van der Waals surface area contributed by atoms with Crippen LogP contribution in [0.25, 0.3) is 0 Å². The first kappa shape index (κ1) is 14.5. The van der Waals surface area contributed by atoms with Gasteiger partial charge in [0.25, 0.3) is 0 Å². The van der Waals surface area contributed by atoms with Crippen molar-refractivity contribution >= 4 is 15.9 Å². The van der Waals surface area contributed by atoms with Crippen LogP contribution in [0.5, 0.6) is 5.75 Å². The van der Waals surface area contributed by atoms with E-state index in [4.69, 9.17) is 0 Å². The molecular weight excluding hydrogens is 284 g/mol. The highest BCUT2D eigenvalue weighted by molar-refractivity contribution is 9.10. The van der Waals surface area contributed by atoms with Gasteiger partial charge >= 0.3 is 0 Å². The van der Waals surface area contributed by atoms with Crippen molar-refractivity contribution in [3.8, 4) is 5.75 Å². The molecule has 0 spiro atoms. The van der Waals surface area contributed by atoms with Gasteiger partial charge in [-0.2, -0.15) is 0 Å². The van der Waals surface area contributed by atoms with Crippen LogP contribution >= 0.6 is 15.9 Å².